The third-order valence-electron chi connectivity index (χ3n) is 4.53. The maximum atomic E-state index is 3.69. The molecular weight excluding hydrogens is 347 g/mol. The van der Waals surface area contributed by atoms with E-state index in [-0.39, 0.29) is 0 Å². The highest BCUT2D eigenvalue weighted by Crippen LogP contribution is 2.25. The van der Waals surface area contributed by atoms with E-state index in [9.17, 15) is 0 Å². The Hall–Kier alpha value is -0.130. The fourth-order valence-corrected chi connectivity index (χ4v) is 3.88. The first-order valence-corrected chi connectivity index (χ1v) is 8.59. The quantitative estimate of drug-likeness (QED) is 0.822. The van der Waals surface area contributed by atoms with Crippen molar-refractivity contribution in [3.63, 3.8) is 0 Å². The number of hydrogen-bond acceptors (Lipinski definition) is 2. The lowest BCUT2D eigenvalue weighted by Crippen LogP contribution is -2.43. The first-order chi connectivity index (χ1) is 9.31. The second-order valence-corrected chi connectivity index (χ2v) is 7.21. The van der Waals surface area contributed by atoms with Gasteiger partial charge in [0, 0.05) is 22.7 Å². The molecule has 0 aliphatic carbocycles. The summed E-state index contributed by atoms with van der Waals surface area (Å²) in [4.78, 5) is 2.65. The van der Waals surface area contributed by atoms with Crippen LogP contribution >= 0.6 is 22.6 Å². The molecule has 2 fully saturated rings. The molecule has 0 spiro atoms. The minimum absolute atomic E-state index is 0.791. The van der Waals surface area contributed by atoms with Crippen molar-refractivity contribution in [1.82, 2.24) is 10.2 Å². The summed E-state index contributed by atoms with van der Waals surface area (Å²) in [6, 6.07) is 9.78. The fraction of sp³-hybridized carbons (Fsp3) is 0.625. The van der Waals surface area contributed by atoms with Crippen LogP contribution in [0, 0.1) is 9.49 Å². The summed E-state index contributed by atoms with van der Waals surface area (Å²) in [7, 11) is 0. The minimum atomic E-state index is 0.791. The van der Waals surface area contributed by atoms with E-state index in [2.05, 4.69) is 57.1 Å². The van der Waals surface area contributed by atoms with Crippen LogP contribution in [0.2, 0.25) is 0 Å². The molecule has 0 aromatic heterocycles. The SMILES string of the molecule is Ic1ccc(CN2CCCC(C3CCCN3)C2)cc1. The fourth-order valence-electron chi connectivity index (χ4n) is 3.53. The Bertz CT molecular complexity index is 398. The molecule has 1 aromatic rings. The number of benzene rings is 1. The molecule has 0 amide bonds. The lowest BCUT2D eigenvalue weighted by molar-refractivity contribution is 0.145. The molecule has 0 radical (unpaired) electrons. The van der Waals surface area contributed by atoms with Gasteiger partial charge < -0.3 is 5.32 Å². The van der Waals surface area contributed by atoms with E-state index in [0.717, 1.165) is 18.5 Å². The van der Waals surface area contributed by atoms with E-state index in [4.69, 9.17) is 0 Å². The third-order valence-corrected chi connectivity index (χ3v) is 5.25. The summed E-state index contributed by atoms with van der Waals surface area (Å²) in [5.74, 6) is 0.875. The van der Waals surface area contributed by atoms with Crippen molar-refractivity contribution >= 4 is 22.6 Å². The predicted molar refractivity (Wildman–Crippen MR) is 88.2 cm³/mol. The highest BCUT2D eigenvalue weighted by molar-refractivity contribution is 14.1. The average molecular weight is 370 g/mol. The van der Waals surface area contributed by atoms with Crippen molar-refractivity contribution in [2.75, 3.05) is 19.6 Å². The molecule has 2 saturated heterocycles. The maximum Gasteiger partial charge on any atom is 0.0233 e. The number of piperidine rings is 1. The molecule has 104 valence electrons. The van der Waals surface area contributed by atoms with E-state index < -0.39 is 0 Å². The van der Waals surface area contributed by atoms with Gasteiger partial charge in [0.2, 0.25) is 0 Å². The molecule has 19 heavy (non-hydrogen) atoms. The van der Waals surface area contributed by atoms with Gasteiger partial charge in [0.15, 0.2) is 0 Å². The zero-order chi connectivity index (χ0) is 13.1. The molecule has 0 bridgehead atoms. The molecule has 2 atom stereocenters. The Kier molecular flexibility index (Phi) is 4.77. The number of halogens is 1. The van der Waals surface area contributed by atoms with Gasteiger partial charge in [-0.25, -0.2) is 0 Å². The van der Waals surface area contributed by atoms with Crippen LogP contribution in [0.25, 0.3) is 0 Å². The number of nitrogens with one attached hydrogen (secondary N) is 1. The number of likely N-dealkylation sites (tertiary alicyclic amines) is 1. The van der Waals surface area contributed by atoms with Crippen LogP contribution in [0.1, 0.15) is 31.2 Å². The zero-order valence-electron chi connectivity index (χ0n) is 11.4. The van der Waals surface area contributed by atoms with Crippen LogP contribution in [-0.4, -0.2) is 30.6 Å². The molecule has 2 aliphatic heterocycles. The van der Waals surface area contributed by atoms with Gasteiger partial charge in [-0.2, -0.15) is 0 Å². The second-order valence-electron chi connectivity index (χ2n) is 5.97. The summed E-state index contributed by atoms with van der Waals surface area (Å²) in [6.07, 6.45) is 5.55. The Morgan fingerprint density at radius 2 is 2.00 bits per heavy atom. The first-order valence-electron chi connectivity index (χ1n) is 7.51. The van der Waals surface area contributed by atoms with Gasteiger partial charge in [0.25, 0.3) is 0 Å². The number of rotatable bonds is 3. The third kappa shape index (κ3) is 3.70. The van der Waals surface area contributed by atoms with Crippen LogP contribution < -0.4 is 5.32 Å². The van der Waals surface area contributed by atoms with E-state index >= 15 is 0 Å². The van der Waals surface area contributed by atoms with Crippen molar-refractivity contribution in [2.24, 2.45) is 5.92 Å². The average Bonchev–Trinajstić information content (AvgIpc) is 2.96. The van der Waals surface area contributed by atoms with Gasteiger partial charge in [0.05, 0.1) is 0 Å². The molecule has 3 heteroatoms. The van der Waals surface area contributed by atoms with Crippen molar-refractivity contribution in [3.05, 3.63) is 33.4 Å². The highest BCUT2D eigenvalue weighted by Gasteiger charge is 2.28. The van der Waals surface area contributed by atoms with Gasteiger partial charge in [-0.15, -0.1) is 0 Å². The first kappa shape index (κ1) is 13.8. The maximum absolute atomic E-state index is 3.69. The summed E-state index contributed by atoms with van der Waals surface area (Å²) in [5, 5.41) is 3.69. The van der Waals surface area contributed by atoms with Crippen molar-refractivity contribution in [1.29, 1.82) is 0 Å². The normalized spacial score (nSPS) is 28.7. The van der Waals surface area contributed by atoms with E-state index in [1.807, 2.05) is 0 Å². The Labute approximate surface area is 130 Å². The van der Waals surface area contributed by atoms with Gasteiger partial charge >= 0.3 is 0 Å². The Morgan fingerprint density at radius 1 is 1.16 bits per heavy atom. The van der Waals surface area contributed by atoms with Crippen LogP contribution in [-0.2, 0) is 6.54 Å². The van der Waals surface area contributed by atoms with Crippen molar-refractivity contribution < 1.29 is 0 Å². The molecule has 2 aliphatic rings. The van der Waals surface area contributed by atoms with Crippen molar-refractivity contribution in [3.8, 4) is 0 Å². The van der Waals surface area contributed by atoms with E-state index in [0.29, 0.717) is 0 Å². The minimum Gasteiger partial charge on any atom is -0.314 e. The molecular formula is C16H23IN2. The van der Waals surface area contributed by atoms with Crippen LogP contribution in [0.15, 0.2) is 24.3 Å². The van der Waals surface area contributed by atoms with Gasteiger partial charge in [-0.05, 0) is 85.0 Å². The van der Waals surface area contributed by atoms with Gasteiger partial charge in [0.1, 0.15) is 0 Å². The smallest absolute Gasteiger partial charge is 0.0233 e. The molecule has 2 nitrogen and oxygen atoms in total. The topological polar surface area (TPSA) is 15.3 Å². The molecule has 1 N–H and O–H groups in total. The second kappa shape index (κ2) is 6.55. The van der Waals surface area contributed by atoms with Crippen LogP contribution in [0.5, 0.6) is 0 Å². The zero-order valence-corrected chi connectivity index (χ0v) is 13.6. The summed E-state index contributed by atoms with van der Waals surface area (Å²) in [5.41, 5.74) is 1.46. The largest absolute Gasteiger partial charge is 0.314 e. The van der Waals surface area contributed by atoms with Crippen LogP contribution in [0.4, 0.5) is 0 Å². The summed E-state index contributed by atoms with van der Waals surface area (Å²) in [6.45, 7) is 4.91. The Balaban J connectivity index is 1.57. The molecule has 1 aromatic carbocycles. The predicted octanol–water partition coefficient (Wildman–Crippen LogP) is 3.26. The summed E-state index contributed by atoms with van der Waals surface area (Å²) < 4.78 is 1.33. The lowest BCUT2D eigenvalue weighted by Gasteiger charge is -2.35. The van der Waals surface area contributed by atoms with Crippen molar-refractivity contribution in [2.45, 2.75) is 38.3 Å². The van der Waals surface area contributed by atoms with Crippen LogP contribution in [0.3, 0.4) is 0 Å². The van der Waals surface area contributed by atoms with Gasteiger partial charge in [-0.3, -0.25) is 4.90 Å². The van der Waals surface area contributed by atoms with E-state index in [1.165, 1.54) is 54.5 Å². The van der Waals surface area contributed by atoms with E-state index in [1.54, 1.807) is 0 Å². The monoisotopic (exact) mass is 370 g/mol. The number of hydrogen-bond donors (Lipinski definition) is 1. The summed E-state index contributed by atoms with van der Waals surface area (Å²) >= 11 is 2.37. The number of nitrogens with zero attached hydrogens (tertiary/aromatic N) is 1. The standard InChI is InChI=1S/C16H23IN2/c17-15-7-5-13(6-8-15)11-19-10-2-3-14(12-19)16-4-1-9-18-16/h5-8,14,16,18H,1-4,9-12H2. The molecule has 0 saturated carbocycles. The highest BCUT2D eigenvalue weighted by atomic mass is 127. The Morgan fingerprint density at radius 3 is 2.74 bits per heavy atom. The molecule has 3 rings (SSSR count). The molecule has 2 heterocycles. The lowest BCUT2D eigenvalue weighted by atomic mass is 9.89. The molecule has 2 unspecified atom stereocenters. The van der Waals surface area contributed by atoms with Gasteiger partial charge in [-0.1, -0.05) is 12.1 Å².